The average Bonchev–Trinajstić information content (AvgIpc) is 2.66. The Morgan fingerprint density at radius 2 is 1.68 bits per heavy atom. The van der Waals surface area contributed by atoms with Gasteiger partial charge >= 0.3 is 0 Å². The minimum absolute atomic E-state index is 0.463. The molecule has 3 rings (SSSR count). The standard InChI is InChI=1S/C22H19NO2/c23-22(24)14-13-18-9-4-5-12-21(18)19-10-6-11-20(15-19)25-16-17-7-2-1-3-8-17/h1-15H,16H2,(H2,23,24). The molecule has 0 aliphatic carbocycles. The van der Waals surface area contributed by atoms with Crippen molar-refractivity contribution >= 4 is 12.0 Å². The van der Waals surface area contributed by atoms with E-state index in [9.17, 15) is 4.79 Å². The molecule has 3 nitrogen and oxygen atoms in total. The summed E-state index contributed by atoms with van der Waals surface area (Å²) in [6.07, 6.45) is 3.10. The molecular weight excluding hydrogens is 310 g/mol. The molecule has 3 aromatic carbocycles. The molecule has 0 fully saturated rings. The number of hydrogen-bond donors (Lipinski definition) is 1. The van der Waals surface area contributed by atoms with Crippen molar-refractivity contribution in [3.63, 3.8) is 0 Å². The smallest absolute Gasteiger partial charge is 0.241 e. The van der Waals surface area contributed by atoms with Crippen LogP contribution in [0.3, 0.4) is 0 Å². The SMILES string of the molecule is NC(=O)C=Cc1ccccc1-c1cccc(OCc2ccccc2)c1. The van der Waals surface area contributed by atoms with Crippen LogP contribution in [0.4, 0.5) is 0 Å². The van der Waals surface area contributed by atoms with Gasteiger partial charge in [-0.3, -0.25) is 4.79 Å². The molecule has 2 N–H and O–H groups in total. The molecule has 0 aliphatic heterocycles. The highest BCUT2D eigenvalue weighted by Crippen LogP contribution is 2.28. The van der Waals surface area contributed by atoms with Gasteiger partial charge in [0.2, 0.25) is 5.91 Å². The highest BCUT2D eigenvalue weighted by molar-refractivity contribution is 5.91. The Labute approximate surface area is 147 Å². The van der Waals surface area contributed by atoms with Gasteiger partial charge in [-0.2, -0.15) is 0 Å². The molecule has 1 amide bonds. The first kappa shape index (κ1) is 16.5. The Balaban J connectivity index is 1.83. The Bertz CT molecular complexity index is 885. The van der Waals surface area contributed by atoms with Crippen LogP contribution in [0.25, 0.3) is 17.2 Å². The van der Waals surface area contributed by atoms with Crippen LogP contribution in [0.2, 0.25) is 0 Å². The van der Waals surface area contributed by atoms with E-state index in [0.29, 0.717) is 6.61 Å². The van der Waals surface area contributed by atoms with Gasteiger partial charge in [-0.15, -0.1) is 0 Å². The second kappa shape index (κ2) is 7.97. The van der Waals surface area contributed by atoms with Crippen LogP contribution in [0, 0.1) is 0 Å². The van der Waals surface area contributed by atoms with Crippen molar-refractivity contribution < 1.29 is 9.53 Å². The maximum Gasteiger partial charge on any atom is 0.241 e. The van der Waals surface area contributed by atoms with Crippen molar-refractivity contribution in [3.05, 3.63) is 96.1 Å². The summed E-state index contributed by atoms with van der Waals surface area (Å²) in [5.74, 6) is 0.338. The minimum Gasteiger partial charge on any atom is -0.489 e. The highest BCUT2D eigenvalue weighted by Gasteiger charge is 2.04. The Kier molecular flexibility index (Phi) is 5.27. The van der Waals surface area contributed by atoms with Gasteiger partial charge < -0.3 is 10.5 Å². The van der Waals surface area contributed by atoms with Gasteiger partial charge in [-0.1, -0.05) is 66.7 Å². The molecule has 0 radical (unpaired) electrons. The molecule has 3 aromatic rings. The van der Waals surface area contributed by atoms with Crippen molar-refractivity contribution in [2.75, 3.05) is 0 Å². The van der Waals surface area contributed by atoms with Crippen LogP contribution >= 0.6 is 0 Å². The summed E-state index contributed by atoms with van der Waals surface area (Å²) in [5.41, 5.74) is 9.30. The summed E-state index contributed by atoms with van der Waals surface area (Å²) in [4.78, 5) is 11.0. The molecule has 0 atom stereocenters. The fourth-order valence-electron chi connectivity index (χ4n) is 2.57. The summed E-state index contributed by atoms with van der Waals surface area (Å²) >= 11 is 0. The highest BCUT2D eigenvalue weighted by atomic mass is 16.5. The summed E-state index contributed by atoms with van der Waals surface area (Å²) < 4.78 is 5.90. The lowest BCUT2D eigenvalue weighted by Gasteiger charge is -2.10. The third kappa shape index (κ3) is 4.58. The number of benzene rings is 3. The van der Waals surface area contributed by atoms with Crippen LogP contribution < -0.4 is 10.5 Å². The van der Waals surface area contributed by atoms with E-state index in [1.165, 1.54) is 6.08 Å². The number of primary amides is 1. The Morgan fingerprint density at radius 3 is 2.48 bits per heavy atom. The Morgan fingerprint density at radius 1 is 0.920 bits per heavy atom. The lowest BCUT2D eigenvalue weighted by atomic mass is 9.99. The minimum atomic E-state index is -0.463. The van der Waals surface area contributed by atoms with E-state index in [2.05, 4.69) is 0 Å². The predicted octanol–water partition coefficient (Wildman–Crippen LogP) is 4.43. The molecule has 0 bridgehead atoms. The van der Waals surface area contributed by atoms with Crippen molar-refractivity contribution in [2.24, 2.45) is 5.73 Å². The molecule has 0 aromatic heterocycles. The first-order valence-corrected chi connectivity index (χ1v) is 8.06. The summed E-state index contributed by atoms with van der Waals surface area (Å²) in [7, 11) is 0. The van der Waals surface area contributed by atoms with E-state index in [1.54, 1.807) is 6.08 Å². The van der Waals surface area contributed by atoms with E-state index >= 15 is 0 Å². The predicted molar refractivity (Wildman–Crippen MR) is 101 cm³/mol. The van der Waals surface area contributed by atoms with E-state index < -0.39 is 5.91 Å². The summed E-state index contributed by atoms with van der Waals surface area (Å²) in [5, 5.41) is 0. The number of carbonyl (C=O) groups excluding carboxylic acids is 1. The first-order valence-electron chi connectivity index (χ1n) is 8.06. The van der Waals surface area contributed by atoms with Gasteiger partial charge in [0.15, 0.2) is 0 Å². The summed E-state index contributed by atoms with van der Waals surface area (Å²) in [6.45, 7) is 0.521. The number of carbonyl (C=O) groups is 1. The number of rotatable bonds is 6. The van der Waals surface area contributed by atoms with Crippen LogP contribution in [0.1, 0.15) is 11.1 Å². The maximum absolute atomic E-state index is 11.0. The summed E-state index contributed by atoms with van der Waals surface area (Å²) in [6, 6.07) is 25.8. The fraction of sp³-hybridized carbons (Fsp3) is 0.0455. The monoisotopic (exact) mass is 329 g/mol. The maximum atomic E-state index is 11.0. The zero-order valence-corrected chi connectivity index (χ0v) is 13.8. The van der Waals surface area contributed by atoms with Gasteiger partial charge in [-0.05, 0) is 40.5 Å². The van der Waals surface area contributed by atoms with E-state index in [4.69, 9.17) is 10.5 Å². The van der Waals surface area contributed by atoms with Gasteiger partial charge in [0.1, 0.15) is 12.4 Å². The first-order chi connectivity index (χ1) is 12.2. The second-order valence-corrected chi connectivity index (χ2v) is 5.63. The quantitative estimate of drug-likeness (QED) is 0.680. The third-order valence-corrected chi connectivity index (χ3v) is 3.78. The van der Waals surface area contributed by atoms with Gasteiger partial charge in [-0.25, -0.2) is 0 Å². The molecule has 25 heavy (non-hydrogen) atoms. The molecule has 0 saturated heterocycles. The van der Waals surface area contributed by atoms with Crippen LogP contribution in [-0.4, -0.2) is 5.91 Å². The van der Waals surface area contributed by atoms with Crippen LogP contribution in [-0.2, 0) is 11.4 Å². The Hall–Kier alpha value is -3.33. The molecular formula is C22H19NO2. The molecule has 0 aliphatic rings. The lowest BCUT2D eigenvalue weighted by molar-refractivity contribution is -0.113. The number of hydrogen-bond acceptors (Lipinski definition) is 2. The van der Waals surface area contributed by atoms with Gasteiger partial charge in [0, 0.05) is 6.08 Å². The largest absolute Gasteiger partial charge is 0.489 e. The molecule has 124 valence electrons. The van der Waals surface area contributed by atoms with E-state index in [-0.39, 0.29) is 0 Å². The fourth-order valence-corrected chi connectivity index (χ4v) is 2.57. The van der Waals surface area contributed by atoms with Crippen LogP contribution in [0.5, 0.6) is 5.75 Å². The third-order valence-electron chi connectivity index (χ3n) is 3.78. The molecule has 0 spiro atoms. The van der Waals surface area contributed by atoms with Crippen molar-refractivity contribution in [3.8, 4) is 16.9 Å². The molecule has 0 heterocycles. The topological polar surface area (TPSA) is 52.3 Å². The average molecular weight is 329 g/mol. The van der Waals surface area contributed by atoms with E-state index in [1.807, 2.05) is 78.9 Å². The zero-order valence-electron chi connectivity index (χ0n) is 13.8. The normalized spacial score (nSPS) is 10.7. The molecule has 0 unspecified atom stereocenters. The van der Waals surface area contributed by atoms with E-state index in [0.717, 1.165) is 28.0 Å². The molecule has 0 saturated carbocycles. The molecule has 3 heteroatoms. The number of ether oxygens (including phenoxy) is 1. The van der Waals surface area contributed by atoms with Crippen molar-refractivity contribution in [2.45, 2.75) is 6.61 Å². The van der Waals surface area contributed by atoms with Crippen molar-refractivity contribution in [1.29, 1.82) is 0 Å². The van der Waals surface area contributed by atoms with Crippen molar-refractivity contribution in [1.82, 2.24) is 0 Å². The number of amides is 1. The van der Waals surface area contributed by atoms with Crippen LogP contribution in [0.15, 0.2) is 84.9 Å². The number of nitrogens with two attached hydrogens (primary N) is 1. The zero-order chi connectivity index (χ0) is 17.5. The van der Waals surface area contributed by atoms with Gasteiger partial charge in [0.05, 0.1) is 0 Å². The lowest BCUT2D eigenvalue weighted by Crippen LogP contribution is -2.05. The van der Waals surface area contributed by atoms with Gasteiger partial charge in [0.25, 0.3) is 0 Å². The second-order valence-electron chi connectivity index (χ2n) is 5.63.